The predicted molar refractivity (Wildman–Crippen MR) is 55.0 cm³/mol. The van der Waals surface area contributed by atoms with Crippen LogP contribution in [-0.4, -0.2) is 16.1 Å². The Labute approximate surface area is 88.3 Å². The van der Waals surface area contributed by atoms with Crippen molar-refractivity contribution in [1.82, 2.24) is 4.98 Å². The average molecular weight is 219 g/mol. The molecule has 0 saturated heterocycles. The van der Waals surface area contributed by atoms with E-state index in [0.717, 1.165) is 0 Å². The molecule has 0 spiro atoms. The van der Waals surface area contributed by atoms with Crippen LogP contribution in [-0.2, 0) is 0 Å². The van der Waals surface area contributed by atoms with Gasteiger partial charge >= 0.3 is 5.97 Å². The maximum atomic E-state index is 13.4. The summed E-state index contributed by atoms with van der Waals surface area (Å²) < 4.78 is 18.5. The van der Waals surface area contributed by atoms with Crippen LogP contribution >= 0.6 is 0 Å². The molecule has 1 aromatic carbocycles. The first-order valence-corrected chi connectivity index (χ1v) is 4.60. The largest absolute Gasteiger partial charge is 0.475 e. The third kappa shape index (κ3) is 1.05. The highest BCUT2D eigenvalue weighted by Crippen LogP contribution is 2.29. The van der Waals surface area contributed by atoms with E-state index < -0.39 is 5.97 Å². The number of benzene rings is 1. The van der Waals surface area contributed by atoms with Crippen LogP contribution < -0.4 is 0 Å². The van der Waals surface area contributed by atoms with Gasteiger partial charge in [-0.2, -0.15) is 0 Å². The summed E-state index contributed by atoms with van der Waals surface area (Å²) in [5.74, 6) is -1.69. The number of carboxylic acid groups (broad SMARTS) is 1. The summed E-state index contributed by atoms with van der Waals surface area (Å²) >= 11 is 0. The zero-order chi connectivity index (χ0) is 11.3. The molecule has 3 aromatic rings. The van der Waals surface area contributed by atoms with E-state index >= 15 is 0 Å². The second-order valence-electron chi connectivity index (χ2n) is 3.45. The first kappa shape index (κ1) is 8.96. The number of hydrogen-bond donors (Lipinski definition) is 2. The lowest BCUT2D eigenvalue weighted by molar-refractivity contribution is 0.0665. The van der Waals surface area contributed by atoms with Gasteiger partial charge in [0, 0.05) is 11.5 Å². The minimum absolute atomic E-state index is 0.160. The van der Waals surface area contributed by atoms with Crippen LogP contribution in [0.5, 0.6) is 0 Å². The zero-order valence-corrected chi connectivity index (χ0v) is 7.95. The molecule has 0 aliphatic rings. The molecule has 2 N–H and O–H groups in total. The predicted octanol–water partition coefficient (Wildman–Crippen LogP) is 2.75. The van der Waals surface area contributed by atoms with Crippen LogP contribution in [0.25, 0.3) is 22.0 Å². The highest BCUT2D eigenvalue weighted by Gasteiger charge is 2.16. The molecule has 0 unspecified atom stereocenters. The van der Waals surface area contributed by atoms with Gasteiger partial charge in [0.05, 0.1) is 11.0 Å². The van der Waals surface area contributed by atoms with E-state index in [1.54, 1.807) is 12.1 Å². The first-order valence-electron chi connectivity index (χ1n) is 4.60. The number of carboxylic acids is 1. The molecule has 0 fully saturated rings. The fourth-order valence-electron chi connectivity index (χ4n) is 1.76. The smallest absolute Gasteiger partial charge is 0.371 e. The summed E-state index contributed by atoms with van der Waals surface area (Å²) in [6.07, 6.45) is 0. The molecule has 0 bridgehead atoms. The Morgan fingerprint density at radius 2 is 2.25 bits per heavy atom. The lowest BCUT2D eigenvalue weighted by atomic mass is 10.2. The van der Waals surface area contributed by atoms with E-state index in [-0.39, 0.29) is 11.6 Å². The Kier molecular flexibility index (Phi) is 1.60. The van der Waals surface area contributed by atoms with Gasteiger partial charge in [0.25, 0.3) is 0 Å². The maximum absolute atomic E-state index is 13.4. The first-order chi connectivity index (χ1) is 7.66. The lowest BCUT2D eigenvalue weighted by Crippen LogP contribution is -1.91. The van der Waals surface area contributed by atoms with Gasteiger partial charge in [-0.05, 0) is 12.1 Å². The highest BCUT2D eigenvalue weighted by molar-refractivity contribution is 6.06. The monoisotopic (exact) mass is 219 g/mol. The molecule has 80 valence electrons. The number of para-hydroxylation sites is 1. The molecule has 16 heavy (non-hydrogen) atoms. The summed E-state index contributed by atoms with van der Waals surface area (Å²) in [7, 11) is 0. The molecule has 0 saturated carbocycles. The number of fused-ring (bicyclic) bond motifs is 3. The minimum Gasteiger partial charge on any atom is -0.475 e. The second kappa shape index (κ2) is 2.85. The number of aromatic nitrogens is 1. The molecule has 0 amide bonds. The average Bonchev–Trinajstić information content (AvgIpc) is 2.76. The van der Waals surface area contributed by atoms with Gasteiger partial charge in [0.1, 0.15) is 5.82 Å². The van der Waals surface area contributed by atoms with Crippen molar-refractivity contribution in [3.05, 3.63) is 35.8 Å². The third-order valence-corrected chi connectivity index (χ3v) is 2.46. The summed E-state index contributed by atoms with van der Waals surface area (Å²) in [5, 5.41) is 9.29. The van der Waals surface area contributed by atoms with Crippen LogP contribution in [0.1, 0.15) is 10.6 Å². The van der Waals surface area contributed by atoms with E-state index in [4.69, 9.17) is 9.52 Å². The van der Waals surface area contributed by atoms with Crippen molar-refractivity contribution >= 4 is 28.0 Å². The molecule has 0 radical (unpaired) electrons. The van der Waals surface area contributed by atoms with Crippen molar-refractivity contribution in [2.24, 2.45) is 0 Å². The van der Waals surface area contributed by atoms with E-state index in [0.29, 0.717) is 22.0 Å². The molecular formula is C11H6FNO3. The summed E-state index contributed by atoms with van der Waals surface area (Å²) in [5.41, 5.74) is 1.18. The Hall–Kier alpha value is -2.30. The Bertz CT molecular complexity index is 710. The number of rotatable bonds is 1. The van der Waals surface area contributed by atoms with Gasteiger partial charge in [0.15, 0.2) is 5.58 Å². The number of nitrogens with one attached hydrogen (secondary N) is 1. The van der Waals surface area contributed by atoms with Crippen molar-refractivity contribution in [3.63, 3.8) is 0 Å². The van der Waals surface area contributed by atoms with Gasteiger partial charge in [-0.3, -0.25) is 0 Å². The SMILES string of the molecule is O=C(O)c1cc2[nH]c3c(F)cccc3c2o1. The van der Waals surface area contributed by atoms with E-state index in [1.807, 2.05) is 0 Å². The van der Waals surface area contributed by atoms with Gasteiger partial charge in [-0.15, -0.1) is 0 Å². The van der Waals surface area contributed by atoms with Crippen molar-refractivity contribution < 1.29 is 18.7 Å². The molecule has 3 rings (SSSR count). The van der Waals surface area contributed by atoms with E-state index in [9.17, 15) is 9.18 Å². The van der Waals surface area contributed by atoms with Crippen molar-refractivity contribution in [2.75, 3.05) is 0 Å². The molecule has 5 heteroatoms. The normalized spacial score (nSPS) is 11.3. The Morgan fingerprint density at radius 3 is 3.00 bits per heavy atom. The Balaban J connectivity index is 2.43. The molecular weight excluding hydrogens is 213 g/mol. The van der Waals surface area contributed by atoms with E-state index in [1.165, 1.54) is 12.1 Å². The van der Waals surface area contributed by atoms with E-state index in [2.05, 4.69) is 4.98 Å². The summed E-state index contributed by atoms with van der Waals surface area (Å²) in [6, 6.07) is 5.90. The number of furan rings is 1. The summed E-state index contributed by atoms with van der Waals surface area (Å²) in [6.45, 7) is 0. The van der Waals surface area contributed by atoms with Gasteiger partial charge in [-0.25, -0.2) is 9.18 Å². The van der Waals surface area contributed by atoms with Crippen molar-refractivity contribution in [1.29, 1.82) is 0 Å². The van der Waals surface area contributed by atoms with Gasteiger partial charge in [0.2, 0.25) is 5.76 Å². The van der Waals surface area contributed by atoms with Crippen LogP contribution in [0.3, 0.4) is 0 Å². The number of aromatic amines is 1. The zero-order valence-electron chi connectivity index (χ0n) is 7.95. The number of hydrogen-bond acceptors (Lipinski definition) is 2. The van der Waals surface area contributed by atoms with Crippen molar-refractivity contribution in [3.8, 4) is 0 Å². The standard InChI is InChI=1S/C11H6FNO3/c12-6-3-1-2-5-9(6)13-7-4-8(11(14)15)16-10(5)7/h1-4,13H,(H,14,15). The van der Waals surface area contributed by atoms with Gasteiger partial charge < -0.3 is 14.5 Å². The van der Waals surface area contributed by atoms with Crippen molar-refractivity contribution in [2.45, 2.75) is 0 Å². The van der Waals surface area contributed by atoms with Crippen LogP contribution in [0.2, 0.25) is 0 Å². The number of carbonyl (C=O) groups is 1. The third-order valence-electron chi connectivity index (χ3n) is 2.46. The molecule has 0 aliphatic heterocycles. The summed E-state index contributed by atoms with van der Waals surface area (Å²) in [4.78, 5) is 13.5. The fourth-order valence-corrected chi connectivity index (χ4v) is 1.76. The van der Waals surface area contributed by atoms with Crippen LogP contribution in [0.15, 0.2) is 28.7 Å². The number of H-pyrrole nitrogens is 1. The molecule has 4 nitrogen and oxygen atoms in total. The quantitative estimate of drug-likeness (QED) is 0.661. The van der Waals surface area contributed by atoms with Gasteiger partial charge in [-0.1, -0.05) is 6.07 Å². The highest BCUT2D eigenvalue weighted by atomic mass is 19.1. The second-order valence-corrected chi connectivity index (χ2v) is 3.45. The topological polar surface area (TPSA) is 66.2 Å². The van der Waals surface area contributed by atoms with Crippen LogP contribution in [0.4, 0.5) is 4.39 Å². The molecule has 2 aromatic heterocycles. The molecule has 0 atom stereocenters. The maximum Gasteiger partial charge on any atom is 0.371 e. The lowest BCUT2D eigenvalue weighted by Gasteiger charge is -1.91. The fraction of sp³-hybridized carbons (Fsp3) is 0. The minimum atomic E-state index is -1.14. The van der Waals surface area contributed by atoms with Crippen LogP contribution in [0, 0.1) is 5.82 Å². The number of aromatic carboxylic acids is 1. The molecule has 0 aliphatic carbocycles. The number of halogens is 1. The molecule has 2 heterocycles. The Morgan fingerprint density at radius 1 is 1.44 bits per heavy atom.